The van der Waals surface area contributed by atoms with E-state index in [0.717, 1.165) is 21.1 Å². The number of rotatable bonds is 3. The summed E-state index contributed by atoms with van der Waals surface area (Å²) in [7, 11) is 0. The summed E-state index contributed by atoms with van der Waals surface area (Å²) in [6.07, 6.45) is 1.82. The highest BCUT2D eigenvalue weighted by Crippen LogP contribution is 2.34. The van der Waals surface area contributed by atoms with Crippen molar-refractivity contribution >= 4 is 60.9 Å². The topological polar surface area (TPSA) is 43.6 Å². The standard InChI is InChI=1S/C18H12BrClN2O2S/c1-2-24-16-11(19)7-10(8-12(16)20)9-15-17(23)22-14-6-4-3-5-13(14)21-18(22)25-15/h3-9H,2H2,1H3/b15-9-. The second-order valence-corrected chi connectivity index (χ2v) is 7.65. The Morgan fingerprint density at radius 1 is 1.36 bits per heavy atom. The van der Waals surface area contributed by atoms with Gasteiger partial charge in [0.2, 0.25) is 0 Å². The third kappa shape index (κ3) is 2.84. The van der Waals surface area contributed by atoms with E-state index in [9.17, 15) is 4.79 Å². The van der Waals surface area contributed by atoms with Crippen LogP contribution in [-0.2, 0) is 0 Å². The van der Waals surface area contributed by atoms with Crippen molar-refractivity contribution in [3.63, 3.8) is 0 Å². The van der Waals surface area contributed by atoms with Crippen LogP contribution in [0.4, 0.5) is 0 Å². The summed E-state index contributed by atoms with van der Waals surface area (Å²) in [6.45, 7) is 2.43. The summed E-state index contributed by atoms with van der Waals surface area (Å²) in [4.78, 5) is 18.0. The van der Waals surface area contributed by atoms with E-state index in [1.807, 2.05) is 43.3 Å². The van der Waals surface area contributed by atoms with Gasteiger partial charge < -0.3 is 4.74 Å². The highest BCUT2D eigenvalue weighted by Gasteiger charge is 2.12. The SMILES string of the molecule is CCOc1c(Cl)cc(/C=c2\sc3nc4ccccc4n3c2=O)cc1Br. The van der Waals surface area contributed by atoms with Gasteiger partial charge in [0.25, 0.3) is 5.56 Å². The lowest BCUT2D eigenvalue weighted by atomic mass is 10.2. The molecule has 0 spiro atoms. The first-order chi connectivity index (χ1) is 12.1. The van der Waals surface area contributed by atoms with Crippen LogP contribution in [0.1, 0.15) is 12.5 Å². The average molecular weight is 436 g/mol. The number of imidazole rings is 1. The first-order valence-corrected chi connectivity index (χ1v) is 9.61. The molecule has 7 heteroatoms. The minimum Gasteiger partial charge on any atom is -0.491 e. The number of benzene rings is 2. The fraction of sp³-hybridized carbons (Fsp3) is 0.111. The Kier molecular flexibility index (Phi) is 4.27. The Hall–Kier alpha value is -1.89. The van der Waals surface area contributed by atoms with Crippen molar-refractivity contribution in [2.45, 2.75) is 6.92 Å². The van der Waals surface area contributed by atoms with Crippen LogP contribution in [0.5, 0.6) is 5.75 Å². The summed E-state index contributed by atoms with van der Waals surface area (Å²) in [6, 6.07) is 11.3. The van der Waals surface area contributed by atoms with Gasteiger partial charge >= 0.3 is 0 Å². The van der Waals surface area contributed by atoms with Gasteiger partial charge in [0.05, 0.1) is 31.7 Å². The third-order valence-electron chi connectivity index (χ3n) is 3.75. The predicted octanol–water partition coefficient (Wildman–Crippen LogP) is 4.27. The average Bonchev–Trinajstić information content (AvgIpc) is 3.08. The molecule has 0 N–H and O–H groups in total. The van der Waals surface area contributed by atoms with E-state index in [-0.39, 0.29) is 5.56 Å². The minimum atomic E-state index is -0.0742. The van der Waals surface area contributed by atoms with Crippen LogP contribution in [0.3, 0.4) is 0 Å². The Morgan fingerprint density at radius 3 is 2.92 bits per heavy atom. The molecular weight excluding hydrogens is 424 g/mol. The maximum absolute atomic E-state index is 12.8. The first-order valence-electron chi connectivity index (χ1n) is 7.62. The summed E-state index contributed by atoms with van der Waals surface area (Å²) in [5.41, 5.74) is 2.40. The molecule has 0 bridgehead atoms. The monoisotopic (exact) mass is 434 g/mol. The second kappa shape index (κ2) is 6.44. The van der Waals surface area contributed by atoms with Crippen molar-refractivity contribution < 1.29 is 4.74 Å². The fourth-order valence-electron chi connectivity index (χ4n) is 2.71. The number of hydrogen-bond acceptors (Lipinski definition) is 4. The number of halogens is 2. The smallest absolute Gasteiger partial charge is 0.274 e. The van der Waals surface area contributed by atoms with Crippen LogP contribution < -0.4 is 14.8 Å². The van der Waals surface area contributed by atoms with E-state index in [2.05, 4.69) is 20.9 Å². The molecule has 0 atom stereocenters. The molecule has 0 saturated heterocycles. The largest absolute Gasteiger partial charge is 0.491 e. The molecule has 2 aromatic carbocycles. The van der Waals surface area contributed by atoms with Gasteiger partial charge in [0, 0.05) is 0 Å². The molecule has 0 amide bonds. The Bertz CT molecular complexity index is 1190. The van der Waals surface area contributed by atoms with E-state index in [4.69, 9.17) is 16.3 Å². The molecule has 4 nitrogen and oxygen atoms in total. The van der Waals surface area contributed by atoms with Crippen molar-refractivity contribution in [3.8, 4) is 5.75 Å². The van der Waals surface area contributed by atoms with Gasteiger partial charge in [-0.05, 0) is 58.8 Å². The molecule has 0 aliphatic heterocycles. The van der Waals surface area contributed by atoms with Gasteiger partial charge in [-0.25, -0.2) is 9.38 Å². The van der Waals surface area contributed by atoms with Crippen LogP contribution in [-0.4, -0.2) is 16.0 Å². The molecule has 126 valence electrons. The van der Waals surface area contributed by atoms with Crippen LogP contribution in [0, 0.1) is 0 Å². The highest BCUT2D eigenvalue weighted by atomic mass is 79.9. The lowest BCUT2D eigenvalue weighted by Gasteiger charge is -2.08. The molecule has 0 aliphatic rings. The number of aromatic nitrogens is 2. The molecule has 0 aliphatic carbocycles. The van der Waals surface area contributed by atoms with E-state index in [1.165, 1.54) is 11.3 Å². The molecule has 0 fully saturated rings. The zero-order valence-electron chi connectivity index (χ0n) is 13.1. The quantitative estimate of drug-likeness (QED) is 0.483. The molecular formula is C18H12BrClN2O2S. The van der Waals surface area contributed by atoms with Crippen LogP contribution >= 0.6 is 38.9 Å². The first kappa shape index (κ1) is 16.6. The highest BCUT2D eigenvalue weighted by molar-refractivity contribution is 9.10. The van der Waals surface area contributed by atoms with Crippen molar-refractivity contribution in [2.75, 3.05) is 6.61 Å². The van der Waals surface area contributed by atoms with Crippen molar-refractivity contribution in [1.29, 1.82) is 0 Å². The summed E-state index contributed by atoms with van der Waals surface area (Å²) in [5, 5.41) is 0.502. The van der Waals surface area contributed by atoms with Gasteiger partial charge in [-0.15, -0.1) is 0 Å². The minimum absolute atomic E-state index is 0.0742. The molecule has 4 aromatic rings. The lowest BCUT2D eigenvalue weighted by Crippen LogP contribution is -2.22. The molecule has 2 heterocycles. The molecule has 25 heavy (non-hydrogen) atoms. The van der Waals surface area contributed by atoms with E-state index in [1.54, 1.807) is 10.5 Å². The van der Waals surface area contributed by atoms with Crippen molar-refractivity contribution in [2.24, 2.45) is 0 Å². The Balaban J connectivity index is 1.90. The number of nitrogens with zero attached hydrogens (tertiary/aromatic N) is 2. The molecule has 0 saturated carbocycles. The number of thiazole rings is 1. The molecule has 0 radical (unpaired) electrons. The van der Waals surface area contributed by atoms with Crippen LogP contribution in [0.2, 0.25) is 5.02 Å². The zero-order valence-corrected chi connectivity index (χ0v) is 16.3. The molecule has 2 aromatic heterocycles. The Morgan fingerprint density at radius 2 is 2.16 bits per heavy atom. The number of para-hydroxylation sites is 2. The summed E-state index contributed by atoms with van der Waals surface area (Å²) >= 11 is 11.1. The van der Waals surface area contributed by atoms with Gasteiger partial charge in [0.1, 0.15) is 0 Å². The lowest BCUT2D eigenvalue weighted by molar-refractivity contribution is 0.338. The zero-order chi connectivity index (χ0) is 17.6. The summed E-state index contributed by atoms with van der Waals surface area (Å²) in [5.74, 6) is 0.607. The van der Waals surface area contributed by atoms with E-state index < -0.39 is 0 Å². The maximum Gasteiger partial charge on any atom is 0.274 e. The molecule has 0 unspecified atom stereocenters. The predicted molar refractivity (Wildman–Crippen MR) is 106 cm³/mol. The maximum atomic E-state index is 12.8. The number of fused-ring (bicyclic) bond motifs is 3. The van der Waals surface area contributed by atoms with E-state index in [0.29, 0.717) is 26.9 Å². The van der Waals surface area contributed by atoms with Gasteiger partial charge in [0.15, 0.2) is 10.7 Å². The fourth-order valence-corrected chi connectivity index (χ4v) is 4.68. The normalized spacial score (nSPS) is 12.4. The van der Waals surface area contributed by atoms with Crippen molar-refractivity contribution in [3.05, 3.63) is 66.3 Å². The molecule has 4 rings (SSSR count). The number of ether oxygens (including phenoxy) is 1. The summed E-state index contributed by atoms with van der Waals surface area (Å²) < 4.78 is 8.53. The van der Waals surface area contributed by atoms with Gasteiger partial charge in [-0.1, -0.05) is 35.1 Å². The van der Waals surface area contributed by atoms with Crippen molar-refractivity contribution in [1.82, 2.24) is 9.38 Å². The third-order valence-corrected chi connectivity index (χ3v) is 5.59. The van der Waals surface area contributed by atoms with E-state index >= 15 is 0 Å². The second-order valence-electron chi connectivity index (χ2n) is 5.38. The van der Waals surface area contributed by atoms with Crippen LogP contribution in [0.15, 0.2) is 45.7 Å². The van der Waals surface area contributed by atoms with Gasteiger partial charge in [-0.3, -0.25) is 4.79 Å². The van der Waals surface area contributed by atoms with Gasteiger partial charge in [-0.2, -0.15) is 0 Å². The van der Waals surface area contributed by atoms with Crippen LogP contribution in [0.25, 0.3) is 22.1 Å². The number of hydrogen-bond donors (Lipinski definition) is 0. The Labute approximate surface area is 160 Å².